The Morgan fingerprint density at radius 3 is 2.78 bits per heavy atom. The van der Waals surface area contributed by atoms with Crippen molar-refractivity contribution in [2.45, 2.75) is 19.9 Å². The molecule has 0 saturated heterocycles. The zero-order valence-corrected chi connectivity index (χ0v) is 10.4. The highest BCUT2D eigenvalue weighted by atomic mass is 16.5. The van der Waals surface area contributed by atoms with E-state index >= 15 is 0 Å². The minimum atomic E-state index is -0.489. The predicted octanol–water partition coefficient (Wildman–Crippen LogP) is 2.06. The van der Waals surface area contributed by atoms with Crippen molar-refractivity contribution in [2.75, 3.05) is 6.61 Å². The molecule has 1 heterocycles. The molecule has 2 aromatic rings. The van der Waals surface area contributed by atoms with Crippen molar-refractivity contribution in [3.05, 3.63) is 48.0 Å². The molecule has 94 valence electrons. The maximum atomic E-state index is 11.5. The molecule has 0 saturated carbocycles. The first-order valence-electron chi connectivity index (χ1n) is 5.85. The fourth-order valence-electron chi connectivity index (χ4n) is 1.63. The number of nitrogens with zero attached hydrogens (tertiary/aromatic N) is 3. The van der Waals surface area contributed by atoms with Crippen LogP contribution in [0.5, 0.6) is 0 Å². The molecule has 1 aromatic heterocycles. The summed E-state index contributed by atoms with van der Waals surface area (Å²) in [6.45, 7) is 4.07. The number of aromatic nitrogens is 3. The van der Waals surface area contributed by atoms with Crippen LogP contribution >= 0.6 is 0 Å². The number of carbonyl (C=O) groups excluding carboxylic acids is 1. The molecular formula is C13H15N3O2. The lowest BCUT2D eigenvalue weighted by Gasteiger charge is -2.11. The molecule has 0 amide bonds. The van der Waals surface area contributed by atoms with Gasteiger partial charge in [-0.1, -0.05) is 30.3 Å². The van der Waals surface area contributed by atoms with E-state index in [2.05, 4.69) is 10.1 Å². The van der Waals surface area contributed by atoms with E-state index < -0.39 is 5.97 Å². The normalized spacial score (nSPS) is 12.1. The van der Waals surface area contributed by atoms with Gasteiger partial charge in [0.15, 0.2) is 0 Å². The van der Waals surface area contributed by atoms with E-state index in [1.54, 1.807) is 17.9 Å². The van der Waals surface area contributed by atoms with E-state index in [0.29, 0.717) is 6.61 Å². The molecule has 0 N–H and O–H groups in total. The van der Waals surface area contributed by atoms with Gasteiger partial charge >= 0.3 is 5.97 Å². The number of ether oxygens (including phenoxy) is 1. The van der Waals surface area contributed by atoms with E-state index in [9.17, 15) is 4.79 Å². The average molecular weight is 245 g/mol. The molecule has 0 aliphatic carbocycles. The molecule has 18 heavy (non-hydrogen) atoms. The van der Waals surface area contributed by atoms with Crippen LogP contribution in [-0.2, 0) is 4.74 Å². The molecular weight excluding hydrogens is 230 g/mol. The lowest BCUT2D eigenvalue weighted by molar-refractivity contribution is 0.0511. The molecule has 0 radical (unpaired) electrons. The second kappa shape index (κ2) is 5.44. The van der Waals surface area contributed by atoms with Crippen LogP contribution < -0.4 is 0 Å². The van der Waals surface area contributed by atoms with Crippen LogP contribution in [0.2, 0.25) is 0 Å². The smallest absolute Gasteiger partial charge is 0.378 e. The summed E-state index contributed by atoms with van der Waals surface area (Å²) in [6.07, 6.45) is 1.55. The third-order valence-corrected chi connectivity index (χ3v) is 2.65. The topological polar surface area (TPSA) is 57.0 Å². The first-order chi connectivity index (χ1) is 8.72. The van der Waals surface area contributed by atoms with Crippen molar-refractivity contribution in [1.29, 1.82) is 0 Å². The van der Waals surface area contributed by atoms with Crippen molar-refractivity contribution in [3.63, 3.8) is 0 Å². The van der Waals surface area contributed by atoms with Crippen LogP contribution in [0.25, 0.3) is 0 Å². The van der Waals surface area contributed by atoms with E-state index in [4.69, 9.17) is 4.74 Å². The van der Waals surface area contributed by atoms with Crippen molar-refractivity contribution in [1.82, 2.24) is 14.8 Å². The van der Waals surface area contributed by atoms with Crippen LogP contribution in [0.15, 0.2) is 36.7 Å². The fraction of sp³-hybridized carbons (Fsp3) is 0.308. The third kappa shape index (κ3) is 2.56. The average Bonchev–Trinajstić information content (AvgIpc) is 2.89. The zero-order chi connectivity index (χ0) is 13.0. The first-order valence-corrected chi connectivity index (χ1v) is 5.85. The maximum Gasteiger partial charge on any atom is 0.378 e. The number of carbonyl (C=O) groups is 1. The van der Waals surface area contributed by atoms with Gasteiger partial charge in [-0.05, 0) is 19.4 Å². The van der Waals surface area contributed by atoms with Gasteiger partial charge in [0.1, 0.15) is 6.33 Å². The summed E-state index contributed by atoms with van der Waals surface area (Å²) in [5, 5.41) is 4.14. The second-order valence-electron chi connectivity index (χ2n) is 3.86. The van der Waals surface area contributed by atoms with Crippen LogP contribution in [-0.4, -0.2) is 27.3 Å². The summed E-state index contributed by atoms with van der Waals surface area (Å²) in [7, 11) is 0. The maximum absolute atomic E-state index is 11.5. The number of rotatable bonds is 4. The number of hydrogen-bond acceptors (Lipinski definition) is 4. The molecule has 1 atom stereocenters. The summed E-state index contributed by atoms with van der Waals surface area (Å²) in [4.78, 5) is 15.4. The van der Waals surface area contributed by atoms with Crippen LogP contribution in [0.1, 0.15) is 36.1 Å². The Balaban J connectivity index is 2.17. The molecule has 1 aromatic carbocycles. The van der Waals surface area contributed by atoms with Crippen molar-refractivity contribution in [3.8, 4) is 0 Å². The van der Waals surface area contributed by atoms with Crippen molar-refractivity contribution >= 4 is 5.97 Å². The number of hydrogen-bond donors (Lipinski definition) is 0. The molecule has 5 nitrogen and oxygen atoms in total. The SMILES string of the molecule is CCOC(=O)c1ncn(C(C)c2ccccc2)n1. The third-order valence-electron chi connectivity index (χ3n) is 2.65. The Morgan fingerprint density at radius 2 is 2.11 bits per heavy atom. The Morgan fingerprint density at radius 1 is 1.39 bits per heavy atom. The highest BCUT2D eigenvalue weighted by Gasteiger charge is 2.15. The summed E-state index contributed by atoms with van der Waals surface area (Å²) in [6, 6.07) is 9.94. The molecule has 2 rings (SSSR count). The Kier molecular flexibility index (Phi) is 3.72. The predicted molar refractivity (Wildman–Crippen MR) is 66.2 cm³/mol. The van der Waals surface area contributed by atoms with Gasteiger partial charge in [0, 0.05) is 0 Å². The van der Waals surface area contributed by atoms with Gasteiger partial charge in [0.2, 0.25) is 0 Å². The quantitative estimate of drug-likeness (QED) is 0.774. The summed E-state index contributed by atoms with van der Waals surface area (Å²) >= 11 is 0. The lowest BCUT2D eigenvalue weighted by atomic mass is 10.1. The molecule has 0 spiro atoms. The summed E-state index contributed by atoms with van der Waals surface area (Å²) < 4.78 is 6.50. The van der Waals surface area contributed by atoms with Crippen LogP contribution in [0, 0.1) is 0 Å². The standard InChI is InChI=1S/C13H15N3O2/c1-3-18-13(17)12-14-9-16(15-12)10(2)11-7-5-4-6-8-11/h4-10H,3H2,1-2H3. The molecule has 1 unspecified atom stereocenters. The molecule has 0 aliphatic rings. The van der Waals surface area contributed by atoms with E-state index in [1.807, 2.05) is 37.3 Å². The summed E-state index contributed by atoms with van der Waals surface area (Å²) in [5.74, 6) is -0.392. The minimum Gasteiger partial charge on any atom is -0.460 e. The van der Waals surface area contributed by atoms with Gasteiger partial charge in [-0.2, -0.15) is 0 Å². The minimum absolute atomic E-state index is 0.0295. The van der Waals surface area contributed by atoms with Gasteiger partial charge in [-0.3, -0.25) is 0 Å². The fourth-order valence-corrected chi connectivity index (χ4v) is 1.63. The number of esters is 1. The lowest BCUT2D eigenvalue weighted by Crippen LogP contribution is -2.11. The van der Waals surface area contributed by atoms with Gasteiger partial charge < -0.3 is 4.74 Å². The first kappa shape index (κ1) is 12.3. The van der Waals surface area contributed by atoms with Gasteiger partial charge in [0.05, 0.1) is 12.6 Å². The van der Waals surface area contributed by atoms with Gasteiger partial charge in [0.25, 0.3) is 5.82 Å². The van der Waals surface area contributed by atoms with Crippen LogP contribution in [0.3, 0.4) is 0 Å². The number of benzene rings is 1. The second-order valence-corrected chi connectivity index (χ2v) is 3.86. The Bertz CT molecular complexity index is 522. The van der Waals surface area contributed by atoms with Gasteiger partial charge in [-0.25, -0.2) is 14.5 Å². The van der Waals surface area contributed by atoms with Crippen LogP contribution in [0.4, 0.5) is 0 Å². The Hall–Kier alpha value is -2.17. The molecule has 0 bridgehead atoms. The molecule has 5 heteroatoms. The highest BCUT2D eigenvalue weighted by molar-refractivity contribution is 5.84. The highest BCUT2D eigenvalue weighted by Crippen LogP contribution is 2.15. The largest absolute Gasteiger partial charge is 0.460 e. The molecule has 0 aliphatic heterocycles. The summed E-state index contributed by atoms with van der Waals surface area (Å²) in [5.41, 5.74) is 1.11. The van der Waals surface area contributed by atoms with Gasteiger partial charge in [-0.15, -0.1) is 5.10 Å². The Labute approximate surface area is 105 Å². The van der Waals surface area contributed by atoms with Crippen molar-refractivity contribution in [2.24, 2.45) is 0 Å². The monoisotopic (exact) mass is 245 g/mol. The van der Waals surface area contributed by atoms with Crippen molar-refractivity contribution < 1.29 is 9.53 Å². The molecule has 0 fully saturated rings. The van der Waals surface area contributed by atoms with E-state index in [0.717, 1.165) is 5.56 Å². The zero-order valence-electron chi connectivity index (χ0n) is 10.4. The van der Waals surface area contributed by atoms with E-state index in [-0.39, 0.29) is 11.9 Å². The van der Waals surface area contributed by atoms with E-state index in [1.165, 1.54) is 0 Å².